The van der Waals surface area contributed by atoms with Crippen molar-refractivity contribution in [3.63, 3.8) is 0 Å². The first kappa shape index (κ1) is 24.5. The van der Waals surface area contributed by atoms with Gasteiger partial charge < -0.3 is 20.8 Å². The van der Waals surface area contributed by atoms with Gasteiger partial charge in [-0.1, -0.05) is 0 Å². The van der Waals surface area contributed by atoms with Crippen LogP contribution in [0.5, 0.6) is 0 Å². The fourth-order valence-electron chi connectivity index (χ4n) is 3.81. The SMILES string of the molecule is NC(=O)C(c1nccc(C(F)(F)F)n1)c1nc2ccc(NC(=O)CCCN3CCOCC3)cc2[nH]1. The van der Waals surface area contributed by atoms with Gasteiger partial charge >= 0.3 is 6.18 Å². The molecule has 0 radical (unpaired) electrons. The largest absolute Gasteiger partial charge is 0.433 e. The van der Waals surface area contributed by atoms with Gasteiger partial charge in [0.1, 0.15) is 17.3 Å². The van der Waals surface area contributed by atoms with Gasteiger partial charge in [-0.2, -0.15) is 13.2 Å². The van der Waals surface area contributed by atoms with Crippen LogP contribution in [0.1, 0.15) is 36.1 Å². The highest BCUT2D eigenvalue weighted by atomic mass is 19.4. The van der Waals surface area contributed by atoms with E-state index in [-0.39, 0.29) is 11.7 Å². The van der Waals surface area contributed by atoms with Gasteiger partial charge in [0.15, 0.2) is 5.92 Å². The summed E-state index contributed by atoms with van der Waals surface area (Å²) in [6, 6.07) is 5.59. The zero-order chi connectivity index (χ0) is 25.0. The molecule has 1 aliphatic heterocycles. The third-order valence-corrected chi connectivity index (χ3v) is 5.55. The Morgan fingerprint density at radius 1 is 1.20 bits per heavy atom. The van der Waals surface area contributed by atoms with Gasteiger partial charge in [-0.3, -0.25) is 14.5 Å². The van der Waals surface area contributed by atoms with Gasteiger partial charge in [0, 0.05) is 31.4 Å². The molecule has 0 spiro atoms. The lowest BCUT2D eigenvalue weighted by atomic mass is 10.1. The van der Waals surface area contributed by atoms with Crippen LogP contribution >= 0.6 is 0 Å². The van der Waals surface area contributed by atoms with E-state index in [1.165, 1.54) is 0 Å². The second kappa shape index (κ2) is 10.4. The first-order chi connectivity index (χ1) is 16.7. The molecular formula is C22H24F3N7O3. The number of carbonyl (C=O) groups is 2. The van der Waals surface area contributed by atoms with Gasteiger partial charge in [-0.25, -0.2) is 15.0 Å². The number of hydrogen-bond acceptors (Lipinski definition) is 7. The number of H-pyrrole nitrogens is 1. The van der Waals surface area contributed by atoms with E-state index in [2.05, 4.69) is 30.2 Å². The topological polar surface area (TPSA) is 139 Å². The number of aromatic amines is 1. The van der Waals surface area contributed by atoms with Crippen molar-refractivity contribution in [1.82, 2.24) is 24.8 Å². The van der Waals surface area contributed by atoms with Crippen LogP contribution in [0, 0.1) is 0 Å². The van der Waals surface area contributed by atoms with Crippen LogP contribution in [0.2, 0.25) is 0 Å². The van der Waals surface area contributed by atoms with Crippen LogP contribution in [-0.2, 0) is 20.5 Å². The average Bonchev–Trinajstić information content (AvgIpc) is 3.22. The summed E-state index contributed by atoms with van der Waals surface area (Å²) in [7, 11) is 0. The van der Waals surface area contributed by atoms with Gasteiger partial charge in [0.25, 0.3) is 0 Å². The third-order valence-electron chi connectivity index (χ3n) is 5.55. The number of aromatic nitrogens is 4. The van der Waals surface area contributed by atoms with Crippen LogP contribution in [0.15, 0.2) is 30.5 Å². The van der Waals surface area contributed by atoms with E-state index in [0.717, 1.165) is 25.8 Å². The van der Waals surface area contributed by atoms with Crippen LogP contribution in [0.3, 0.4) is 0 Å². The van der Waals surface area contributed by atoms with Gasteiger partial charge in [0.2, 0.25) is 11.8 Å². The second-order valence-electron chi connectivity index (χ2n) is 8.09. The molecule has 13 heteroatoms. The van der Waals surface area contributed by atoms with Crippen molar-refractivity contribution in [3.8, 4) is 0 Å². The summed E-state index contributed by atoms with van der Waals surface area (Å²) in [5.74, 6) is -2.94. The number of nitrogens with two attached hydrogens (primary N) is 1. The molecule has 3 heterocycles. The average molecular weight is 491 g/mol. The molecule has 0 aliphatic carbocycles. The normalized spacial score (nSPS) is 15.7. The minimum Gasteiger partial charge on any atom is -0.379 e. The summed E-state index contributed by atoms with van der Waals surface area (Å²) >= 11 is 0. The monoisotopic (exact) mass is 491 g/mol. The number of benzene rings is 1. The lowest BCUT2D eigenvalue weighted by Crippen LogP contribution is -2.37. The van der Waals surface area contributed by atoms with Crippen LogP contribution in [-0.4, -0.2) is 69.5 Å². The minimum absolute atomic E-state index is 0.000752. The Morgan fingerprint density at radius 2 is 1.97 bits per heavy atom. The van der Waals surface area contributed by atoms with Crippen molar-refractivity contribution in [2.45, 2.75) is 24.9 Å². The van der Waals surface area contributed by atoms with Gasteiger partial charge in [-0.05, 0) is 37.2 Å². The molecule has 1 unspecified atom stereocenters. The summed E-state index contributed by atoms with van der Waals surface area (Å²) in [6.45, 7) is 3.94. The van der Waals surface area contributed by atoms with E-state index in [4.69, 9.17) is 10.5 Å². The molecule has 1 saturated heterocycles. The predicted molar refractivity (Wildman–Crippen MR) is 119 cm³/mol. The van der Waals surface area contributed by atoms with E-state index in [1.807, 2.05) is 0 Å². The number of amides is 2. The number of anilines is 1. The fraction of sp³-hybridized carbons (Fsp3) is 0.409. The van der Waals surface area contributed by atoms with E-state index >= 15 is 0 Å². The number of ether oxygens (including phenoxy) is 1. The second-order valence-corrected chi connectivity index (χ2v) is 8.09. The smallest absolute Gasteiger partial charge is 0.379 e. The molecular weight excluding hydrogens is 467 g/mol. The molecule has 186 valence electrons. The number of nitrogens with zero attached hydrogens (tertiary/aromatic N) is 4. The Labute approximate surface area is 198 Å². The number of fused-ring (bicyclic) bond motifs is 1. The van der Waals surface area contributed by atoms with E-state index < -0.39 is 29.5 Å². The number of rotatable bonds is 8. The van der Waals surface area contributed by atoms with E-state index in [9.17, 15) is 22.8 Å². The summed E-state index contributed by atoms with van der Waals surface area (Å²) < 4.78 is 44.5. The third kappa shape index (κ3) is 6.11. The molecule has 1 aliphatic rings. The van der Waals surface area contributed by atoms with Crippen molar-refractivity contribution >= 4 is 28.5 Å². The minimum atomic E-state index is -4.71. The van der Waals surface area contributed by atoms with Crippen molar-refractivity contribution in [3.05, 3.63) is 47.8 Å². The standard InChI is InChI=1S/C22H24F3N7O3/c23-22(24,25)16-5-6-27-20(31-16)18(19(26)34)21-29-14-4-3-13(12-15(14)30-21)28-17(33)2-1-7-32-8-10-35-11-9-32/h3-6,12,18H,1-2,7-11H2,(H2,26,34)(H,28,33)(H,29,30). The Kier molecular flexibility index (Phi) is 7.26. The number of nitrogens with one attached hydrogen (secondary N) is 2. The van der Waals surface area contributed by atoms with Crippen molar-refractivity contribution < 1.29 is 27.5 Å². The van der Waals surface area contributed by atoms with Crippen molar-refractivity contribution in [2.24, 2.45) is 5.73 Å². The maximum Gasteiger partial charge on any atom is 0.433 e. The number of morpholine rings is 1. The fourth-order valence-corrected chi connectivity index (χ4v) is 3.81. The Hall–Kier alpha value is -3.58. The first-order valence-electron chi connectivity index (χ1n) is 11.0. The zero-order valence-corrected chi connectivity index (χ0v) is 18.6. The maximum atomic E-state index is 13.1. The molecule has 4 N–H and O–H groups in total. The van der Waals surface area contributed by atoms with E-state index in [1.54, 1.807) is 18.2 Å². The number of hydrogen-bond donors (Lipinski definition) is 3. The van der Waals surface area contributed by atoms with Crippen LogP contribution < -0.4 is 11.1 Å². The molecule has 10 nitrogen and oxygen atoms in total. The zero-order valence-electron chi connectivity index (χ0n) is 18.6. The van der Waals surface area contributed by atoms with Gasteiger partial charge in [-0.15, -0.1) is 0 Å². The summed E-state index contributed by atoms with van der Waals surface area (Å²) in [5.41, 5.74) is 5.66. The molecule has 4 rings (SSSR count). The number of imidazole rings is 1. The number of alkyl halides is 3. The number of primary amides is 1. The molecule has 35 heavy (non-hydrogen) atoms. The molecule has 0 bridgehead atoms. The highest BCUT2D eigenvalue weighted by Gasteiger charge is 2.35. The number of carbonyl (C=O) groups excluding carboxylic acids is 2. The Bertz CT molecular complexity index is 1210. The molecule has 3 aromatic rings. The van der Waals surface area contributed by atoms with Crippen LogP contribution in [0.25, 0.3) is 11.0 Å². The molecule has 0 saturated carbocycles. The molecule has 1 atom stereocenters. The van der Waals surface area contributed by atoms with Crippen LogP contribution in [0.4, 0.5) is 18.9 Å². The molecule has 2 aromatic heterocycles. The Balaban J connectivity index is 1.46. The van der Waals surface area contributed by atoms with Gasteiger partial charge in [0.05, 0.1) is 24.2 Å². The maximum absolute atomic E-state index is 13.1. The van der Waals surface area contributed by atoms with E-state index in [0.29, 0.717) is 48.8 Å². The Morgan fingerprint density at radius 3 is 2.69 bits per heavy atom. The molecule has 1 aromatic carbocycles. The lowest BCUT2D eigenvalue weighted by molar-refractivity contribution is -0.141. The summed E-state index contributed by atoms with van der Waals surface area (Å²) in [5, 5.41) is 2.82. The summed E-state index contributed by atoms with van der Waals surface area (Å²) in [4.78, 5) is 41.1. The first-order valence-corrected chi connectivity index (χ1v) is 11.0. The highest BCUT2D eigenvalue weighted by Crippen LogP contribution is 2.29. The lowest BCUT2D eigenvalue weighted by Gasteiger charge is -2.26. The predicted octanol–water partition coefficient (Wildman–Crippen LogP) is 2.04. The number of halogens is 3. The highest BCUT2D eigenvalue weighted by molar-refractivity contribution is 5.93. The molecule has 2 amide bonds. The van der Waals surface area contributed by atoms with Crippen molar-refractivity contribution in [1.29, 1.82) is 0 Å². The molecule has 1 fully saturated rings. The van der Waals surface area contributed by atoms with Crippen molar-refractivity contribution in [2.75, 3.05) is 38.2 Å². The quantitative estimate of drug-likeness (QED) is 0.438. The summed E-state index contributed by atoms with van der Waals surface area (Å²) in [6.07, 6.45) is -2.74.